The molecular formula is C20H20ClN3O2. The van der Waals surface area contributed by atoms with E-state index < -0.39 is 0 Å². The summed E-state index contributed by atoms with van der Waals surface area (Å²) in [4.78, 5) is 12.1. The molecule has 0 saturated heterocycles. The number of aryl methyl sites for hydroxylation is 1. The van der Waals surface area contributed by atoms with Gasteiger partial charge in [-0.15, -0.1) is 0 Å². The molecular weight excluding hydrogens is 350 g/mol. The Kier molecular flexibility index (Phi) is 5.58. The summed E-state index contributed by atoms with van der Waals surface area (Å²) in [6.07, 6.45) is 0. The van der Waals surface area contributed by atoms with Crippen molar-refractivity contribution in [2.24, 2.45) is 0 Å². The standard InChI is InChI=1S/C20H20ClN3O2/c1-14-17(15(2)24(23-14)16-8-4-3-5-9-16)12-22-20(25)13-26-19-11-7-6-10-18(19)21/h3-11H,12-13H2,1-2H3,(H,22,25). The van der Waals surface area contributed by atoms with E-state index in [1.54, 1.807) is 12.1 Å². The Balaban J connectivity index is 1.62. The third kappa shape index (κ3) is 4.06. The van der Waals surface area contributed by atoms with E-state index in [9.17, 15) is 4.79 Å². The highest BCUT2D eigenvalue weighted by Crippen LogP contribution is 2.23. The van der Waals surface area contributed by atoms with E-state index >= 15 is 0 Å². The maximum Gasteiger partial charge on any atom is 0.258 e. The lowest BCUT2D eigenvalue weighted by atomic mass is 10.2. The van der Waals surface area contributed by atoms with Crippen LogP contribution in [0.3, 0.4) is 0 Å². The first-order chi connectivity index (χ1) is 12.6. The first-order valence-corrected chi connectivity index (χ1v) is 8.68. The lowest BCUT2D eigenvalue weighted by Crippen LogP contribution is -2.28. The van der Waals surface area contributed by atoms with E-state index in [0.29, 0.717) is 17.3 Å². The molecule has 5 nitrogen and oxygen atoms in total. The molecule has 0 aliphatic carbocycles. The van der Waals surface area contributed by atoms with Gasteiger partial charge in [-0.2, -0.15) is 5.10 Å². The highest BCUT2D eigenvalue weighted by atomic mass is 35.5. The smallest absolute Gasteiger partial charge is 0.258 e. The van der Waals surface area contributed by atoms with Crippen LogP contribution in [0.15, 0.2) is 54.6 Å². The van der Waals surface area contributed by atoms with Gasteiger partial charge < -0.3 is 10.1 Å². The minimum atomic E-state index is -0.212. The molecule has 0 bridgehead atoms. The number of amides is 1. The fraction of sp³-hybridized carbons (Fsp3) is 0.200. The van der Waals surface area contributed by atoms with Gasteiger partial charge in [-0.3, -0.25) is 4.79 Å². The Labute approximate surface area is 157 Å². The van der Waals surface area contributed by atoms with Crippen LogP contribution in [0.2, 0.25) is 5.02 Å². The van der Waals surface area contributed by atoms with Crippen molar-refractivity contribution in [3.8, 4) is 11.4 Å². The zero-order chi connectivity index (χ0) is 18.5. The lowest BCUT2D eigenvalue weighted by molar-refractivity contribution is -0.123. The fourth-order valence-corrected chi connectivity index (χ4v) is 2.88. The van der Waals surface area contributed by atoms with Crippen molar-refractivity contribution in [1.82, 2.24) is 15.1 Å². The average Bonchev–Trinajstić information content (AvgIpc) is 2.94. The van der Waals surface area contributed by atoms with Gasteiger partial charge in [0.15, 0.2) is 6.61 Å². The van der Waals surface area contributed by atoms with Crippen LogP contribution < -0.4 is 10.1 Å². The molecule has 0 unspecified atom stereocenters. The summed E-state index contributed by atoms with van der Waals surface area (Å²) in [6.45, 7) is 4.24. The van der Waals surface area contributed by atoms with Gasteiger partial charge in [0.2, 0.25) is 0 Å². The van der Waals surface area contributed by atoms with Crippen LogP contribution in [0.4, 0.5) is 0 Å². The molecule has 3 aromatic rings. The number of carbonyl (C=O) groups excluding carboxylic acids is 1. The molecule has 1 N–H and O–H groups in total. The van der Waals surface area contributed by atoms with Gasteiger partial charge in [-0.25, -0.2) is 4.68 Å². The molecule has 2 aromatic carbocycles. The minimum Gasteiger partial charge on any atom is -0.482 e. The van der Waals surface area contributed by atoms with Crippen LogP contribution in [-0.2, 0) is 11.3 Å². The van der Waals surface area contributed by atoms with Crippen molar-refractivity contribution >= 4 is 17.5 Å². The number of nitrogens with one attached hydrogen (secondary N) is 1. The molecule has 1 heterocycles. The quantitative estimate of drug-likeness (QED) is 0.718. The number of hydrogen-bond acceptors (Lipinski definition) is 3. The molecule has 0 atom stereocenters. The van der Waals surface area contributed by atoms with E-state index in [1.807, 2.05) is 61.0 Å². The van der Waals surface area contributed by atoms with Gasteiger partial charge in [-0.1, -0.05) is 41.9 Å². The fourth-order valence-electron chi connectivity index (χ4n) is 2.69. The third-order valence-corrected chi connectivity index (χ3v) is 4.41. The Morgan fingerprint density at radius 1 is 1.12 bits per heavy atom. The average molecular weight is 370 g/mol. The second kappa shape index (κ2) is 8.06. The number of ether oxygens (including phenoxy) is 1. The number of benzene rings is 2. The first kappa shape index (κ1) is 18.0. The van der Waals surface area contributed by atoms with E-state index in [4.69, 9.17) is 16.3 Å². The summed E-state index contributed by atoms with van der Waals surface area (Å²) >= 11 is 6.02. The van der Waals surface area contributed by atoms with E-state index in [-0.39, 0.29) is 12.5 Å². The van der Waals surface area contributed by atoms with Gasteiger partial charge in [0, 0.05) is 17.8 Å². The van der Waals surface area contributed by atoms with Crippen LogP contribution in [0, 0.1) is 13.8 Å². The van der Waals surface area contributed by atoms with Crippen molar-refractivity contribution in [3.63, 3.8) is 0 Å². The van der Waals surface area contributed by atoms with Crippen molar-refractivity contribution in [2.45, 2.75) is 20.4 Å². The predicted octanol–water partition coefficient (Wildman–Crippen LogP) is 3.84. The zero-order valence-corrected chi connectivity index (χ0v) is 15.5. The number of carbonyl (C=O) groups is 1. The topological polar surface area (TPSA) is 56.2 Å². The van der Waals surface area contributed by atoms with Crippen LogP contribution >= 0.6 is 11.6 Å². The second-order valence-corrected chi connectivity index (χ2v) is 6.30. The van der Waals surface area contributed by atoms with Gasteiger partial charge in [0.1, 0.15) is 5.75 Å². The number of hydrogen-bond donors (Lipinski definition) is 1. The van der Waals surface area contributed by atoms with Crippen molar-refractivity contribution in [2.75, 3.05) is 6.61 Å². The molecule has 1 amide bonds. The molecule has 0 aliphatic rings. The van der Waals surface area contributed by atoms with E-state index in [2.05, 4.69) is 10.4 Å². The van der Waals surface area contributed by atoms with Crippen LogP contribution in [0.25, 0.3) is 5.69 Å². The molecule has 0 fully saturated rings. The number of para-hydroxylation sites is 2. The molecule has 0 radical (unpaired) electrons. The van der Waals surface area contributed by atoms with Gasteiger partial charge >= 0.3 is 0 Å². The highest BCUT2D eigenvalue weighted by Gasteiger charge is 2.14. The zero-order valence-electron chi connectivity index (χ0n) is 14.7. The van der Waals surface area contributed by atoms with Crippen LogP contribution in [0.5, 0.6) is 5.75 Å². The summed E-state index contributed by atoms with van der Waals surface area (Å²) in [6, 6.07) is 17.0. The Morgan fingerprint density at radius 2 is 1.81 bits per heavy atom. The van der Waals surface area contributed by atoms with Crippen LogP contribution in [-0.4, -0.2) is 22.3 Å². The predicted molar refractivity (Wildman–Crippen MR) is 102 cm³/mol. The molecule has 134 valence electrons. The van der Waals surface area contributed by atoms with Gasteiger partial charge in [-0.05, 0) is 38.1 Å². The summed E-state index contributed by atoms with van der Waals surface area (Å²) in [7, 11) is 0. The van der Waals surface area contributed by atoms with E-state index in [1.165, 1.54) is 0 Å². The number of nitrogens with zero attached hydrogens (tertiary/aromatic N) is 2. The number of halogens is 1. The van der Waals surface area contributed by atoms with Crippen molar-refractivity contribution in [1.29, 1.82) is 0 Å². The van der Waals surface area contributed by atoms with Crippen molar-refractivity contribution in [3.05, 3.63) is 76.6 Å². The molecule has 3 rings (SSSR count). The SMILES string of the molecule is Cc1nn(-c2ccccc2)c(C)c1CNC(=O)COc1ccccc1Cl. The minimum absolute atomic E-state index is 0.0886. The third-order valence-electron chi connectivity index (χ3n) is 4.10. The molecule has 0 saturated carbocycles. The summed E-state index contributed by atoms with van der Waals surface area (Å²) < 4.78 is 7.34. The van der Waals surface area contributed by atoms with Gasteiger partial charge in [0.25, 0.3) is 5.91 Å². The Morgan fingerprint density at radius 3 is 2.54 bits per heavy atom. The molecule has 1 aromatic heterocycles. The maximum atomic E-state index is 12.1. The molecule has 0 aliphatic heterocycles. The largest absolute Gasteiger partial charge is 0.482 e. The summed E-state index contributed by atoms with van der Waals surface area (Å²) in [5.74, 6) is 0.282. The number of rotatable bonds is 6. The molecule has 0 spiro atoms. The number of aromatic nitrogens is 2. The summed E-state index contributed by atoms with van der Waals surface area (Å²) in [5.41, 5.74) is 3.88. The van der Waals surface area contributed by atoms with Crippen LogP contribution in [0.1, 0.15) is 17.0 Å². The Hall–Kier alpha value is -2.79. The lowest BCUT2D eigenvalue weighted by Gasteiger charge is -2.09. The van der Waals surface area contributed by atoms with E-state index in [0.717, 1.165) is 22.6 Å². The maximum absolute atomic E-state index is 12.1. The molecule has 26 heavy (non-hydrogen) atoms. The first-order valence-electron chi connectivity index (χ1n) is 8.31. The Bertz CT molecular complexity index is 907. The van der Waals surface area contributed by atoms with Crippen molar-refractivity contribution < 1.29 is 9.53 Å². The monoisotopic (exact) mass is 369 g/mol. The summed E-state index contributed by atoms with van der Waals surface area (Å²) in [5, 5.41) is 7.94. The normalized spacial score (nSPS) is 10.6. The second-order valence-electron chi connectivity index (χ2n) is 5.89. The molecule has 6 heteroatoms. The highest BCUT2D eigenvalue weighted by molar-refractivity contribution is 6.32. The van der Waals surface area contributed by atoms with Gasteiger partial charge in [0.05, 0.1) is 16.4 Å².